The number of thiophene rings is 1. The first-order valence-corrected chi connectivity index (χ1v) is 12.3. The summed E-state index contributed by atoms with van der Waals surface area (Å²) in [5.74, 6) is 0.678. The molecule has 1 aliphatic rings. The van der Waals surface area contributed by atoms with Crippen molar-refractivity contribution >= 4 is 34.0 Å². The number of nitriles is 1. The maximum atomic E-state index is 13.1. The highest BCUT2D eigenvalue weighted by Gasteiger charge is 2.22. The highest BCUT2D eigenvalue weighted by atomic mass is 32.2. The Bertz CT molecular complexity index is 1200. The second-order valence-corrected chi connectivity index (χ2v) is 9.45. The van der Waals surface area contributed by atoms with Gasteiger partial charge in [0.15, 0.2) is 11.0 Å². The minimum atomic E-state index is -0.334. The van der Waals surface area contributed by atoms with Crippen molar-refractivity contribution in [3.63, 3.8) is 0 Å². The van der Waals surface area contributed by atoms with E-state index in [9.17, 15) is 14.4 Å². The van der Waals surface area contributed by atoms with E-state index in [0.29, 0.717) is 33.8 Å². The maximum Gasteiger partial charge on any atom is 0.235 e. The summed E-state index contributed by atoms with van der Waals surface area (Å²) in [6.07, 6.45) is 5.77. The Morgan fingerprint density at radius 1 is 1.33 bits per heavy atom. The Hall–Kier alpha value is -3.16. The molecule has 0 saturated heterocycles. The van der Waals surface area contributed by atoms with Gasteiger partial charge in [0.25, 0.3) is 0 Å². The lowest BCUT2D eigenvalue weighted by Gasteiger charge is -2.09. The number of ether oxygens (including phenoxy) is 1. The van der Waals surface area contributed by atoms with Crippen LogP contribution in [0.2, 0.25) is 0 Å². The van der Waals surface area contributed by atoms with Crippen LogP contribution in [0.5, 0.6) is 5.75 Å². The number of benzene rings is 1. The summed E-state index contributed by atoms with van der Waals surface area (Å²) in [6, 6.07) is 8.00. The van der Waals surface area contributed by atoms with E-state index in [1.54, 1.807) is 18.2 Å². The fourth-order valence-corrected chi connectivity index (χ4v) is 5.61. The van der Waals surface area contributed by atoms with E-state index in [1.165, 1.54) is 40.1 Å². The number of aromatic nitrogens is 3. The summed E-state index contributed by atoms with van der Waals surface area (Å²) in [7, 11) is 0. The smallest absolute Gasteiger partial charge is 0.235 e. The molecule has 0 fully saturated rings. The predicted octanol–water partition coefficient (Wildman–Crippen LogP) is 4.72. The van der Waals surface area contributed by atoms with E-state index in [0.717, 1.165) is 31.2 Å². The van der Waals surface area contributed by atoms with Gasteiger partial charge in [-0.2, -0.15) is 5.26 Å². The number of carbonyl (C=O) groups excluding carboxylic acids is 1. The molecule has 1 aliphatic carbocycles. The van der Waals surface area contributed by atoms with Gasteiger partial charge in [-0.3, -0.25) is 9.36 Å². The third kappa shape index (κ3) is 5.43. The van der Waals surface area contributed by atoms with E-state index >= 15 is 0 Å². The van der Waals surface area contributed by atoms with Crippen LogP contribution in [0.3, 0.4) is 0 Å². The van der Waals surface area contributed by atoms with Crippen LogP contribution in [0.4, 0.5) is 9.39 Å². The predicted molar refractivity (Wildman–Crippen MR) is 126 cm³/mol. The van der Waals surface area contributed by atoms with Gasteiger partial charge in [-0.25, -0.2) is 4.39 Å². The number of fused-ring (bicyclic) bond motifs is 1. The first kappa shape index (κ1) is 23.0. The number of carbonyl (C=O) groups is 1. The third-order valence-electron chi connectivity index (χ3n) is 5.16. The average molecular weight is 484 g/mol. The van der Waals surface area contributed by atoms with E-state index in [1.807, 2.05) is 4.57 Å². The minimum absolute atomic E-state index is 0.127. The quantitative estimate of drug-likeness (QED) is 0.350. The number of hydrogen-bond donors (Lipinski definition) is 1. The number of rotatable bonds is 9. The monoisotopic (exact) mass is 483 g/mol. The summed E-state index contributed by atoms with van der Waals surface area (Å²) < 4.78 is 20.6. The van der Waals surface area contributed by atoms with Crippen molar-refractivity contribution in [2.24, 2.45) is 0 Å². The molecule has 0 bridgehead atoms. The molecular weight excluding hydrogens is 461 g/mol. The molecule has 10 heteroatoms. The zero-order valence-corrected chi connectivity index (χ0v) is 19.5. The van der Waals surface area contributed by atoms with E-state index in [2.05, 4.69) is 28.2 Å². The average Bonchev–Trinajstić information content (AvgIpc) is 3.37. The SMILES string of the molecule is C=CCn1c(COc2ccc(F)cc2)nnc1SCC(=O)Nc1sc2c(c1C#N)CCCC2. The largest absolute Gasteiger partial charge is 0.486 e. The summed E-state index contributed by atoms with van der Waals surface area (Å²) in [5.41, 5.74) is 1.69. The second-order valence-electron chi connectivity index (χ2n) is 7.40. The first-order chi connectivity index (χ1) is 16.1. The van der Waals surface area contributed by atoms with Gasteiger partial charge in [0.1, 0.15) is 29.2 Å². The number of hydrogen-bond acceptors (Lipinski definition) is 7. The molecule has 0 unspecified atom stereocenters. The molecule has 1 aromatic carbocycles. The van der Waals surface area contributed by atoms with Gasteiger partial charge in [-0.05, 0) is 55.5 Å². The number of nitrogens with one attached hydrogen (secondary N) is 1. The first-order valence-electron chi connectivity index (χ1n) is 10.5. The van der Waals surface area contributed by atoms with Crippen molar-refractivity contribution in [1.82, 2.24) is 14.8 Å². The van der Waals surface area contributed by atoms with Gasteiger partial charge in [0.2, 0.25) is 5.91 Å². The molecule has 2 aromatic heterocycles. The maximum absolute atomic E-state index is 13.1. The third-order valence-corrected chi connectivity index (χ3v) is 7.33. The van der Waals surface area contributed by atoms with Crippen LogP contribution < -0.4 is 10.1 Å². The Labute approximate surface area is 199 Å². The zero-order chi connectivity index (χ0) is 23.2. The number of aryl methyl sites for hydroxylation is 1. The van der Waals surface area contributed by atoms with Crippen molar-refractivity contribution < 1.29 is 13.9 Å². The van der Waals surface area contributed by atoms with Gasteiger partial charge in [-0.1, -0.05) is 17.8 Å². The van der Waals surface area contributed by atoms with Crippen molar-refractivity contribution in [1.29, 1.82) is 5.26 Å². The van der Waals surface area contributed by atoms with Crippen molar-refractivity contribution in [3.8, 4) is 11.8 Å². The van der Waals surface area contributed by atoms with Crippen LogP contribution in [0, 0.1) is 17.1 Å². The van der Waals surface area contributed by atoms with E-state index in [4.69, 9.17) is 4.74 Å². The molecule has 0 aliphatic heterocycles. The molecule has 1 amide bonds. The van der Waals surface area contributed by atoms with Crippen LogP contribution in [0.15, 0.2) is 42.1 Å². The molecule has 7 nitrogen and oxygen atoms in total. The van der Waals surface area contributed by atoms with Crippen LogP contribution in [0.25, 0.3) is 0 Å². The topological polar surface area (TPSA) is 92.8 Å². The Morgan fingerprint density at radius 3 is 2.88 bits per heavy atom. The zero-order valence-electron chi connectivity index (χ0n) is 17.8. The molecule has 170 valence electrons. The highest BCUT2D eigenvalue weighted by molar-refractivity contribution is 7.99. The number of nitrogens with zero attached hydrogens (tertiary/aromatic N) is 4. The molecular formula is C23H22FN5O2S2. The summed E-state index contributed by atoms with van der Waals surface area (Å²) in [5, 5.41) is 22.0. The van der Waals surface area contributed by atoms with Gasteiger partial charge in [-0.15, -0.1) is 28.1 Å². The Balaban J connectivity index is 1.39. The van der Waals surface area contributed by atoms with Gasteiger partial charge in [0, 0.05) is 11.4 Å². The minimum Gasteiger partial charge on any atom is -0.486 e. The fraction of sp³-hybridized carbons (Fsp3) is 0.304. The van der Waals surface area contributed by atoms with Gasteiger partial charge in [0.05, 0.1) is 11.3 Å². The van der Waals surface area contributed by atoms with Crippen molar-refractivity contribution in [2.45, 2.75) is 44.0 Å². The normalized spacial score (nSPS) is 12.6. The molecule has 4 rings (SSSR count). The number of halogens is 1. The highest BCUT2D eigenvalue weighted by Crippen LogP contribution is 2.37. The van der Waals surface area contributed by atoms with Gasteiger partial charge >= 0.3 is 0 Å². The Kier molecular flexibility index (Phi) is 7.42. The van der Waals surface area contributed by atoms with Crippen LogP contribution in [-0.2, 0) is 30.8 Å². The molecule has 2 heterocycles. The lowest BCUT2D eigenvalue weighted by Crippen LogP contribution is -2.15. The van der Waals surface area contributed by atoms with Crippen molar-refractivity contribution in [2.75, 3.05) is 11.1 Å². The second kappa shape index (κ2) is 10.6. The molecule has 0 atom stereocenters. The van der Waals surface area contributed by atoms with Crippen LogP contribution in [-0.4, -0.2) is 26.4 Å². The summed E-state index contributed by atoms with van der Waals surface area (Å²) >= 11 is 2.76. The Morgan fingerprint density at radius 2 is 2.12 bits per heavy atom. The number of anilines is 1. The standard InChI is InChI=1S/C23H22FN5O2S2/c1-2-11-29-20(13-31-16-9-7-15(24)8-10-16)27-28-23(29)32-14-21(30)26-22-18(12-25)17-5-3-4-6-19(17)33-22/h2,7-10H,1,3-6,11,13-14H2,(H,26,30). The van der Waals surface area contributed by atoms with Gasteiger partial charge < -0.3 is 10.1 Å². The molecule has 0 radical (unpaired) electrons. The molecule has 0 spiro atoms. The van der Waals surface area contributed by atoms with Crippen LogP contribution in [0.1, 0.15) is 34.7 Å². The van der Waals surface area contributed by atoms with E-state index in [-0.39, 0.29) is 24.1 Å². The summed E-state index contributed by atoms with van der Waals surface area (Å²) in [4.78, 5) is 13.8. The van der Waals surface area contributed by atoms with Crippen LogP contribution >= 0.6 is 23.1 Å². The molecule has 33 heavy (non-hydrogen) atoms. The van der Waals surface area contributed by atoms with E-state index < -0.39 is 0 Å². The number of thioether (sulfide) groups is 1. The summed E-state index contributed by atoms with van der Waals surface area (Å²) in [6.45, 7) is 4.37. The molecule has 0 saturated carbocycles. The fourth-order valence-electron chi connectivity index (χ4n) is 3.59. The number of allylic oxidation sites excluding steroid dienone is 1. The lowest BCUT2D eigenvalue weighted by atomic mass is 9.96. The number of amides is 1. The molecule has 1 N–H and O–H groups in total. The molecule has 3 aromatic rings. The van der Waals surface area contributed by atoms with Crippen molar-refractivity contribution in [3.05, 3.63) is 64.6 Å². The lowest BCUT2D eigenvalue weighted by molar-refractivity contribution is -0.113.